The Morgan fingerprint density at radius 3 is 2.89 bits per heavy atom. The molecule has 0 saturated carbocycles. The second kappa shape index (κ2) is 8.06. The third-order valence-electron chi connectivity index (χ3n) is 3.43. The highest BCUT2D eigenvalue weighted by atomic mass is 16.2. The molecule has 1 atom stereocenters. The van der Waals surface area contributed by atoms with Crippen molar-refractivity contribution in [2.45, 2.75) is 32.2 Å². The Morgan fingerprint density at radius 1 is 1.56 bits per heavy atom. The molecule has 1 amide bonds. The van der Waals surface area contributed by atoms with Gasteiger partial charge >= 0.3 is 0 Å². The molecule has 0 aliphatic carbocycles. The van der Waals surface area contributed by atoms with E-state index in [0.717, 1.165) is 19.6 Å². The second-order valence-electron chi connectivity index (χ2n) is 4.84. The van der Waals surface area contributed by atoms with E-state index < -0.39 is 0 Å². The monoisotopic (exact) mass is 252 g/mol. The summed E-state index contributed by atoms with van der Waals surface area (Å²) in [4.78, 5) is 15.8. The van der Waals surface area contributed by atoms with E-state index in [1.165, 1.54) is 12.8 Å². The summed E-state index contributed by atoms with van der Waals surface area (Å²) >= 11 is 0. The first-order chi connectivity index (χ1) is 8.67. The minimum atomic E-state index is 0.102. The van der Waals surface area contributed by atoms with Crippen molar-refractivity contribution in [1.29, 1.82) is 5.26 Å². The van der Waals surface area contributed by atoms with Crippen molar-refractivity contribution < 1.29 is 4.79 Å². The SMILES string of the molecule is CCN(CC(=O)N(C)CCC#N)CC1CCCN1. The summed E-state index contributed by atoms with van der Waals surface area (Å²) in [5, 5.41) is 12.0. The molecule has 5 heteroatoms. The minimum absolute atomic E-state index is 0.102. The van der Waals surface area contributed by atoms with Crippen molar-refractivity contribution in [3.05, 3.63) is 0 Å². The summed E-state index contributed by atoms with van der Waals surface area (Å²) in [7, 11) is 1.77. The van der Waals surface area contributed by atoms with Crippen LogP contribution < -0.4 is 5.32 Å². The predicted octanol–water partition coefficient (Wildman–Crippen LogP) is 0.432. The Kier molecular flexibility index (Phi) is 6.69. The molecule has 1 heterocycles. The van der Waals surface area contributed by atoms with Gasteiger partial charge in [0.05, 0.1) is 19.0 Å². The maximum atomic E-state index is 11.9. The van der Waals surface area contributed by atoms with Gasteiger partial charge in [0.25, 0.3) is 0 Å². The third-order valence-corrected chi connectivity index (χ3v) is 3.43. The van der Waals surface area contributed by atoms with Gasteiger partial charge in [0.1, 0.15) is 0 Å². The zero-order chi connectivity index (χ0) is 13.4. The average Bonchev–Trinajstić information content (AvgIpc) is 2.87. The van der Waals surface area contributed by atoms with Crippen molar-refractivity contribution in [2.24, 2.45) is 0 Å². The van der Waals surface area contributed by atoms with Crippen LogP contribution in [0.5, 0.6) is 0 Å². The fourth-order valence-corrected chi connectivity index (χ4v) is 2.18. The first-order valence-corrected chi connectivity index (χ1v) is 6.74. The van der Waals surface area contributed by atoms with Gasteiger partial charge < -0.3 is 10.2 Å². The lowest BCUT2D eigenvalue weighted by Crippen LogP contribution is -2.43. The van der Waals surface area contributed by atoms with Crippen LogP contribution in [0.1, 0.15) is 26.2 Å². The molecule has 0 aromatic rings. The van der Waals surface area contributed by atoms with Crippen LogP contribution in [0.15, 0.2) is 0 Å². The van der Waals surface area contributed by atoms with Crippen LogP contribution >= 0.6 is 0 Å². The summed E-state index contributed by atoms with van der Waals surface area (Å²) in [6.45, 7) is 5.98. The first-order valence-electron chi connectivity index (χ1n) is 6.74. The molecule has 1 aliphatic heterocycles. The normalized spacial score (nSPS) is 18.9. The number of rotatable bonds is 7. The van der Waals surface area contributed by atoms with Gasteiger partial charge in [-0.05, 0) is 25.9 Å². The number of hydrogen-bond acceptors (Lipinski definition) is 4. The highest BCUT2D eigenvalue weighted by Gasteiger charge is 2.19. The van der Waals surface area contributed by atoms with Crippen LogP contribution in [0, 0.1) is 11.3 Å². The lowest BCUT2D eigenvalue weighted by Gasteiger charge is -2.26. The van der Waals surface area contributed by atoms with Crippen LogP contribution in [0.3, 0.4) is 0 Å². The molecular weight excluding hydrogens is 228 g/mol. The molecule has 0 radical (unpaired) electrons. The van der Waals surface area contributed by atoms with Gasteiger partial charge in [-0.1, -0.05) is 6.92 Å². The molecule has 0 bridgehead atoms. The van der Waals surface area contributed by atoms with Gasteiger partial charge in [0.15, 0.2) is 0 Å². The number of hydrogen-bond donors (Lipinski definition) is 1. The Balaban J connectivity index is 2.32. The molecular formula is C13H24N4O. The molecule has 1 unspecified atom stereocenters. The van der Waals surface area contributed by atoms with Crippen LogP contribution in [0.25, 0.3) is 0 Å². The van der Waals surface area contributed by atoms with Crippen LogP contribution in [0.4, 0.5) is 0 Å². The molecule has 0 aromatic heterocycles. The second-order valence-corrected chi connectivity index (χ2v) is 4.84. The Morgan fingerprint density at radius 2 is 2.33 bits per heavy atom. The van der Waals surface area contributed by atoms with Gasteiger partial charge in [0.2, 0.25) is 5.91 Å². The highest BCUT2D eigenvalue weighted by Crippen LogP contribution is 2.07. The number of likely N-dealkylation sites (N-methyl/N-ethyl adjacent to an activating group) is 2. The number of carbonyl (C=O) groups excluding carboxylic acids is 1. The summed E-state index contributed by atoms with van der Waals surface area (Å²) in [6, 6.07) is 2.59. The molecule has 0 spiro atoms. The molecule has 18 heavy (non-hydrogen) atoms. The Bertz CT molecular complexity index is 294. The van der Waals surface area contributed by atoms with Gasteiger partial charge in [-0.25, -0.2) is 0 Å². The van der Waals surface area contributed by atoms with Gasteiger partial charge in [-0.2, -0.15) is 5.26 Å². The standard InChI is InChI=1S/C13H24N4O/c1-3-17(10-12-6-4-8-15-12)11-13(18)16(2)9-5-7-14/h12,15H,3-6,8-11H2,1-2H3. The molecule has 5 nitrogen and oxygen atoms in total. The van der Waals surface area contributed by atoms with E-state index in [4.69, 9.17) is 5.26 Å². The maximum absolute atomic E-state index is 11.9. The smallest absolute Gasteiger partial charge is 0.236 e. The minimum Gasteiger partial charge on any atom is -0.344 e. The number of nitrogens with zero attached hydrogens (tertiary/aromatic N) is 3. The van der Waals surface area contributed by atoms with E-state index in [1.807, 2.05) is 0 Å². The average molecular weight is 252 g/mol. The molecule has 1 N–H and O–H groups in total. The Hall–Kier alpha value is -1.12. The summed E-state index contributed by atoms with van der Waals surface area (Å²) < 4.78 is 0. The van der Waals surface area contributed by atoms with E-state index in [-0.39, 0.29) is 5.91 Å². The van der Waals surface area contributed by atoms with E-state index in [2.05, 4.69) is 23.2 Å². The largest absolute Gasteiger partial charge is 0.344 e. The van der Waals surface area contributed by atoms with Gasteiger partial charge in [-0.3, -0.25) is 9.69 Å². The number of amides is 1. The van der Waals surface area contributed by atoms with Crippen molar-refractivity contribution in [1.82, 2.24) is 15.1 Å². The fourth-order valence-electron chi connectivity index (χ4n) is 2.18. The van der Waals surface area contributed by atoms with Gasteiger partial charge in [0, 0.05) is 26.2 Å². The highest BCUT2D eigenvalue weighted by molar-refractivity contribution is 5.78. The molecule has 1 saturated heterocycles. The summed E-state index contributed by atoms with van der Waals surface area (Å²) in [5.74, 6) is 0.102. The quantitative estimate of drug-likeness (QED) is 0.714. The Labute approximate surface area is 110 Å². The van der Waals surface area contributed by atoms with Crippen LogP contribution in [-0.4, -0.2) is 61.5 Å². The third kappa shape index (κ3) is 5.03. The zero-order valence-corrected chi connectivity index (χ0v) is 11.5. The van der Waals surface area contributed by atoms with E-state index in [1.54, 1.807) is 11.9 Å². The molecule has 1 aliphatic rings. The number of nitriles is 1. The predicted molar refractivity (Wildman–Crippen MR) is 71.0 cm³/mol. The van der Waals surface area contributed by atoms with Crippen LogP contribution in [-0.2, 0) is 4.79 Å². The van der Waals surface area contributed by atoms with Crippen molar-refractivity contribution in [3.8, 4) is 6.07 Å². The maximum Gasteiger partial charge on any atom is 0.236 e. The fraction of sp³-hybridized carbons (Fsp3) is 0.846. The van der Waals surface area contributed by atoms with Crippen molar-refractivity contribution >= 4 is 5.91 Å². The molecule has 1 fully saturated rings. The van der Waals surface area contributed by atoms with Crippen LogP contribution in [0.2, 0.25) is 0 Å². The molecule has 0 aromatic carbocycles. The van der Waals surface area contributed by atoms with E-state index >= 15 is 0 Å². The van der Waals surface area contributed by atoms with E-state index in [0.29, 0.717) is 25.6 Å². The topological polar surface area (TPSA) is 59.4 Å². The number of nitrogens with one attached hydrogen (secondary N) is 1. The lowest BCUT2D eigenvalue weighted by molar-refractivity contribution is -0.131. The van der Waals surface area contributed by atoms with Gasteiger partial charge in [-0.15, -0.1) is 0 Å². The van der Waals surface area contributed by atoms with Crippen molar-refractivity contribution in [2.75, 3.05) is 39.8 Å². The summed E-state index contributed by atoms with van der Waals surface area (Å²) in [6.07, 6.45) is 2.84. The molecule has 1 rings (SSSR count). The van der Waals surface area contributed by atoms with Crippen molar-refractivity contribution in [3.63, 3.8) is 0 Å². The first kappa shape index (κ1) is 14.9. The zero-order valence-electron chi connectivity index (χ0n) is 11.5. The lowest BCUT2D eigenvalue weighted by atomic mass is 10.2. The number of carbonyl (C=O) groups is 1. The molecule has 102 valence electrons. The van der Waals surface area contributed by atoms with E-state index in [9.17, 15) is 4.79 Å². The summed E-state index contributed by atoms with van der Waals surface area (Å²) in [5.41, 5.74) is 0.